The van der Waals surface area contributed by atoms with Crippen LogP contribution in [0.2, 0.25) is 4.34 Å². The second-order valence-electron chi connectivity index (χ2n) is 2.99. The van der Waals surface area contributed by atoms with Crippen molar-refractivity contribution in [1.29, 1.82) is 0 Å². The molecule has 2 rings (SSSR count). The molecule has 0 spiro atoms. The lowest BCUT2D eigenvalue weighted by Gasteiger charge is -1.94. The molecule has 0 atom stereocenters. The molecule has 0 aliphatic heterocycles. The SMILES string of the molecule is COC(=O)c1sc(-c2ccc(Cl)s2)cc1N. The quantitative estimate of drug-likeness (QED) is 0.852. The van der Waals surface area contributed by atoms with Gasteiger partial charge in [-0.2, -0.15) is 0 Å². The number of carbonyl (C=O) groups excluding carboxylic acids is 1. The van der Waals surface area contributed by atoms with Crippen molar-refractivity contribution in [3.05, 3.63) is 27.4 Å². The highest BCUT2D eigenvalue weighted by atomic mass is 35.5. The first-order valence-electron chi connectivity index (χ1n) is 4.35. The summed E-state index contributed by atoms with van der Waals surface area (Å²) < 4.78 is 5.35. The van der Waals surface area contributed by atoms with Gasteiger partial charge in [-0.05, 0) is 18.2 Å². The van der Waals surface area contributed by atoms with Crippen LogP contribution in [0.5, 0.6) is 0 Å². The summed E-state index contributed by atoms with van der Waals surface area (Å²) in [4.78, 5) is 13.7. The first-order valence-corrected chi connectivity index (χ1v) is 6.36. The highest BCUT2D eigenvalue weighted by molar-refractivity contribution is 7.25. The fourth-order valence-electron chi connectivity index (χ4n) is 1.23. The number of carbonyl (C=O) groups is 1. The highest BCUT2D eigenvalue weighted by Gasteiger charge is 2.16. The van der Waals surface area contributed by atoms with Crippen LogP contribution in [-0.4, -0.2) is 13.1 Å². The van der Waals surface area contributed by atoms with E-state index in [9.17, 15) is 4.79 Å². The Morgan fingerprint density at radius 1 is 1.38 bits per heavy atom. The van der Waals surface area contributed by atoms with E-state index in [1.807, 2.05) is 12.1 Å². The van der Waals surface area contributed by atoms with Gasteiger partial charge in [0.2, 0.25) is 0 Å². The Hall–Kier alpha value is -1.04. The molecule has 0 saturated heterocycles. The minimum atomic E-state index is -0.406. The Kier molecular flexibility index (Phi) is 3.18. The van der Waals surface area contributed by atoms with Crippen molar-refractivity contribution in [3.8, 4) is 9.75 Å². The van der Waals surface area contributed by atoms with Gasteiger partial charge in [0.05, 0.1) is 17.1 Å². The second-order valence-corrected chi connectivity index (χ2v) is 5.76. The van der Waals surface area contributed by atoms with Gasteiger partial charge in [-0.3, -0.25) is 0 Å². The average molecular weight is 274 g/mol. The zero-order valence-electron chi connectivity index (χ0n) is 8.32. The zero-order chi connectivity index (χ0) is 11.7. The fourth-order valence-corrected chi connectivity index (χ4v) is 3.35. The number of anilines is 1. The van der Waals surface area contributed by atoms with E-state index >= 15 is 0 Å². The van der Waals surface area contributed by atoms with Gasteiger partial charge in [-0.1, -0.05) is 11.6 Å². The lowest BCUT2D eigenvalue weighted by molar-refractivity contribution is 0.0607. The first kappa shape index (κ1) is 11.4. The van der Waals surface area contributed by atoms with Crippen molar-refractivity contribution in [2.45, 2.75) is 0 Å². The van der Waals surface area contributed by atoms with Gasteiger partial charge < -0.3 is 10.5 Å². The molecule has 2 N–H and O–H groups in total. The third-order valence-corrected chi connectivity index (χ3v) is 4.51. The lowest BCUT2D eigenvalue weighted by atomic mass is 10.3. The van der Waals surface area contributed by atoms with Crippen molar-refractivity contribution in [3.63, 3.8) is 0 Å². The molecule has 2 aromatic rings. The monoisotopic (exact) mass is 273 g/mol. The third kappa shape index (κ3) is 2.07. The van der Waals surface area contributed by atoms with Crippen LogP contribution in [0.4, 0.5) is 5.69 Å². The van der Waals surface area contributed by atoms with E-state index in [1.54, 1.807) is 6.07 Å². The minimum Gasteiger partial charge on any atom is -0.465 e. The van der Waals surface area contributed by atoms with E-state index in [0.29, 0.717) is 14.9 Å². The molecule has 0 aromatic carbocycles. The molecule has 0 aliphatic carbocycles. The molecule has 3 nitrogen and oxygen atoms in total. The smallest absolute Gasteiger partial charge is 0.350 e. The molecule has 0 fully saturated rings. The van der Waals surface area contributed by atoms with Crippen LogP contribution >= 0.6 is 34.3 Å². The van der Waals surface area contributed by atoms with Gasteiger partial charge in [0, 0.05) is 9.75 Å². The Labute approximate surface area is 105 Å². The molecular weight excluding hydrogens is 266 g/mol. The summed E-state index contributed by atoms with van der Waals surface area (Å²) in [5.41, 5.74) is 6.18. The van der Waals surface area contributed by atoms with Gasteiger partial charge in [0.1, 0.15) is 4.88 Å². The summed E-state index contributed by atoms with van der Waals surface area (Å²) in [6.45, 7) is 0. The average Bonchev–Trinajstić information content (AvgIpc) is 2.83. The molecule has 0 saturated carbocycles. The molecule has 16 heavy (non-hydrogen) atoms. The maximum Gasteiger partial charge on any atom is 0.350 e. The first-order chi connectivity index (χ1) is 7.61. The van der Waals surface area contributed by atoms with Crippen LogP contribution < -0.4 is 5.73 Å². The van der Waals surface area contributed by atoms with E-state index in [2.05, 4.69) is 4.74 Å². The summed E-state index contributed by atoms with van der Waals surface area (Å²) in [6.07, 6.45) is 0. The number of ether oxygens (including phenoxy) is 1. The Morgan fingerprint density at radius 2 is 2.12 bits per heavy atom. The topological polar surface area (TPSA) is 52.3 Å². The fraction of sp³-hybridized carbons (Fsp3) is 0.100. The molecule has 0 bridgehead atoms. The predicted molar refractivity (Wildman–Crippen MR) is 68.4 cm³/mol. The molecule has 0 radical (unpaired) electrons. The number of halogens is 1. The van der Waals surface area contributed by atoms with Crippen LogP contribution in [0.1, 0.15) is 9.67 Å². The molecule has 2 aromatic heterocycles. The third-order valence-electron chi connectivity index (χ3n) is 1.95. The standard InChI is InChI=1S/C10H8ClNO2S2/c1-14-10(13)9-5(12)4-7(16-9)6-2-3-8(11)15-6/h2-4H,12H2,1H3. The van der Waals surface area contributed by atoms with Gasteiger partial charge in [0.15, 0.2) is 0 Å². The molecule has 84 valence electrons. The van der Waals surface area contributed by atoms with E-state index in [-0.39, 0.29) is 0 Å². The summed E-state index contributed by atoms with van der Waals surface area (Å²) in [6, 6.07) is 5.48. The van der Waals surface area contributed by atoms with Crippen molar-refractivity contribution in [2.24, 2.45) is 0 Å². The van der Waals surface area contributed by atoms with Gasteiger partial charge in [-0.15, -0.1) is 22.7 Å². The van der Waals surface area contributed by atoms with Crippen molar-refractivity contribution in [2.75, 3.05) is 12.8 Å². The second kappa shape index (κ2) is 4.45. The molecule has 2 heterocycles. The van der Waals surface area contributed by atoms with Crippen LogP contribution in [0.25, 0.3) is 9.75 Å². The molecule has 0 unspecified atom stereocenters. The van der Waals surface area contributed by atoms with Crippen LogP contribution in [0.3, 0.4) is 0 Å². The Balaban J connectivity index is 2.41. The molecule has 0 aliphatic rings. The molecule has 6 heteroatoms. The number of hydrogen-bond acceptors (Lipinski definition) is 5. The van der Waals surface area contributed by atoms with Crippen LogP contribution in [0.15, 0.2) is 18.2 Å². The number of nitrogens with two attached hydrogens (primary N) is 1. The van der Waals surface area contributed by atoms with Crippen molar-refractivity contribution in [1.82, 2.24) is 0 Å². The van der Waals surface area contributed by atoms with E-state index in [4.69, 9.17) is 17.3 Å². The molecular formula is C10H8ClNO2S2. The zero-order valence-corrected chi connectivity index (χ0v) is 10.7. The van der Waals surface area contributed by atoms with E-state index in [0.717, 1.165) is 9.75 Å². The maximum atomic E-state index is 11.4. The van der Waals surface area contributed by atoms with Crippen LogP contribution in [-0.2, 0) is 4.74 Å². The Bertz CT molecular complexity index is 533. The summed E-state index contributed by atoms with van der Waals surface area (Å²) in [5, 5.41) is 0. The van der Waals surface area contributed by atoms with E-state index < -0.39 is 5.97 Å². The molecule has 0 amide bonds. The van der Waals surface area contributed by atoms with Crippen molar-refractivity contribution < 1.29 is 9.53 Å². The van der Waals surface area contributed by atoms with Gasteiger partial charge in [0.25, 0.3) is 0 Å². The number of hydrogen-bond donors (Lipinski definition) is 1. The number of rotatable bonds is 2. The van der Waals surface area contributed by atoms with Gasteiger partial charge >= 0.3 is 5.97 Å². The Morgan fingerprint density at radius 3 is 2.69 bits per heavy atom. The summed E-state index contributed by atoms with van der Waals surface area (Å²) in [5.74, 6) is -0.406. The minimum absolute atomic E-state index is 0.406. The summed E-state index contributed by atoms with van der Waals surface area (Å²) in [7, 11) is 1.34. The predicted octanol–water partition coefficient (Wildman–Crippen LogP) is 3.50. The van der Waals surface area contributed by atoms with Crippen molar-refractivity contribution >= 4 is 45.9 Å². The maximum absolute atomic E-state index is 11.4. The van der Waals surface area contributed by atoms with Crippen LogP contribution in [0, 0.1) is 0 Å². The number of nitrogen functional groups attached to an aromatic ring is 1. The summed E-state index contributed by atoms with van der Waals surface area (Å²) >= 11 is 8.61. The largest absolute Gasteiger partial charge is 0.465 e. The number of esters is 1. The van der Waals surface area contributed by atoms with E-state index in [1.165, 1.54) is 29.8 Å². The number of methoxy groups -OCH3 is 1. The lowest BCUT2D eigenvalue weighted by Crippen LogP contribution is -2.00. The highest BCUT2D eigenvalue weighted by Crippen LogP contribution is 2.38. The van der Waals surface area contributed by atoms with Gasteiger partial charge in [-0.25, -0.2) is 4.79 Å². The normalized spacial score (nSPS) is 10.4. The number of thiophene rings is 2.